The zero-order valence-electron chi connectivity index (χ0n) is 11.9. The van der Waals surface area contributed by atoms with Crippen molar-refractivity contribution in [1.82, 2.24) is 15.4 Å². The van der Waals surface area contributed by atoms with Crippen LogP contribution in [0.3, 0.4) is 0 Å². The normalized spacial score (nSPS) is 13.4. The van der Waals surface area contributed by atoms with Crippen LogP contribution < -0.4 is 5.43 Å². The molecule has 0 aromatic carbocycles. The molecule has 1 aromatic rings. The molecule has 2 rings (SSSR count). The van der Waals surface area contributed by atoms with Gasteiger partial charge in [0.1, 0.15) is 0 Å². The number of carbonyl (C=O) groups is 2. The average Bonchev–Trinajstić information content (AvgIpc) is 2.48. The van der Waals surface area contributed by atoms with E-state index in [1.807, 2.05) is 18.2 Å². The van der Waals surface area contributed by atoms with E-state index in [0.717, 1.165) is 5.56 Å². The molecule has 0 amide bonds. The number of allylic oxidation sites excluding steroid dienone is 1. The average molecular weight is 284 g/mol. The van der Waals surface area contributed by atoms with E-state index < -0.39 is 0 Å². The summed E-state index contributed by atoms with van der Waals surface area (Å²) >= 11 is 0. The van der Waals surface area contributed by atoms with E-state index in [2.05, 4.69) is 15.4 Å². The van der Waals surface area contributed by atoms with Crippen molar-refractivity contribution in [3.8, 4) is 0 Å². The van der Waals surface area contributed by atoms with E-state index in [-0.39, 0.29) is 17.1 Å². The monoisotopic (exact) mass is 284 g/mol. The van der Waals surface area contributed by atoms with E-state index in [9.17, 15) is 9.59 Å². The van der Waals surface area contributed by atoms with Crippen molar-refractivity contribution in [2.45, 2.75) is 13.8 Å². The van der Waals surface area contributed by atoms with E-state index in [0.29, 0.717) is 12.4 Å². The summed E-state index contributed by atoms with van der Waals surface area (Å²) in [5.41, 5.74) is 3.98. The Bertz CT molecular complexity index is 616. The minimum absolute atomic E-state index is 0.124. The van der Waals surface area contributed by atoms with E-state index >= 15 is 0 Å². The Labute approximate surface area is 122 Å². The van der Waals surface area contributed by atoms with Crippen LogP contribution in [-0.2, 0) is 9.59 Å². The van der Waals surface area contributed by atoms with Crippen molar-refractivity contribution in [3.05, 3.63) is 54.1 Å². The van der Waals surface area contributed by atoms with Crippen LogP contribution in [0.2, 0.25) is 0 Å². The van der Waals surface area contributed by atoms with Gasteiger partial charge in [-0.25, -0.2) is 4.99 Å². The fourth-order valence-electron chi connectivity index (χ4n) is 1.87. The minimum atomic E-state index is -0.273. The number of nitrogens with one attached hydrogen (secondary N) is 1. The molecule has 0 aliphatic carbocycles. The summed E-state index contributed by atoms with van der Waals surface area (Å²) in [5, 5.41) is 1.75. The van der Waals surface area contributed by atoms with Gasteiger partial charge < -0.3 is 5.43 Å². The lowest BCUT2D eigenvalue weighted by molar-refractivity contribution is -0.119. The fourth-order valence-corrected chi connectivity index (χ4v) is 1.87. The summed E-state index contributed by atoms with van der Waals surface area (Å²) in [6.45, 7) is 3.30. The maximum Gasteiger partial charge on any atom is 0.164 e. The Morgan fingerprint density at radius 3 is 2.52 bits per heavy atom. The number of carbonyl (C=O) groups excluding carboxylic acids is 2. The molecule has 0 fully saturated rings. The number of aromatic nitrogens is 1. The third kappa shape index (κ3) is 3.62. The molecule has 1 aliphatic rings. The Morgan fingerprint density at radius 1 is 1.24 bits per heavy atom. The summed E-state index contributed by atoms with van der Waals surface area (Å²) in [6, 6.07) is 3.68. The SMILES string of the molecule is CC(=O)C(=CNN1CC=CN=C1c1ccncc1)C(C)=O. The van der Waals surface area contributed by atoms with Gasteiger partial charge in [0, 0.05) is 30.4 Å². The molecule has 0 radical (unpaired) electrons. The Balaban J connectivity index is 2.21. The number of pyridine rings is 1. The van der Waals surface area contributed by atoms with Crippen LogP contribution >= 0.6 is 0 Å². The number of aliphatic imine (C=N–C) groups is 1. The molecular formula is C15H16N4O2. The van der Waals surface area contributed by atoms with Crippen molar-refractivity contribution < 1.29 is 9.59 Å². The van der Waals surface area contributed by atoms with Gasteiger partial charge in [-0.3, -0.25) is 19.6 Å². The van der Waals surface area contributed by atoms with Crippen LogP contribution in [0.4, 0.5) is 0 Å². The van der Waals surface area contributed by atoms with Gasteiger partial charge in [-0.2, -0.15) is 0 Å². The molecule has 1 aliphatic heterocycles. The molecule has 6 heteroatoms. The summed E-state index contributed by atoms with van der Waals surface area (Å²) in [5.74, 6) is 0.150. The maximum atomic E-state index is 11.4. The molecule has 1 N–H and O–H groups in total. The largest absolute Gasteiger partial charge is 0.303 e. The first-order valence-electron chi connectivity index (χ1n) is 6.48. The molecule has 21 heavy (non-hydrogen) atoms. The van der Waals surface area contributed by atoms with Gasteiger partial charge >= 0.3 is 0 Å². The van der Waals surface area contributed by atoms with Gasteiger partial charge in [0.05, 0.1) is 12.1 Å². The predicted octanol–water partition coefficient (Wildman–Crippen LogP) is 1.22. The zero-order chi connectivity index (χ0) is 15.2. The van der Waals surface area contributed by atoms with Crippen molar-refractivity contribution in [2.75, 3.05) is 6.54 Å². The first-order valence-corrected chi connectivity index (χ1v) is 6.48. The molecule has 108 valence electrons. The van der Waals surface area contributed by atoms with E-state index in [1.54, 1.807) is 23.6 Å². The van der Waals surface area contributed by atoms with E-state index in [1.165, 1.54) is 20.0 Å². The van der Waals surface area contributed by atoms with Gasteiger partial charge in [0.2, 0.25) is 0 Å². The highest BCUT2D eigenvalue weighted by Gasteiger charge is 2.15. The lowest BCUT2D eigenvalue weighted by Crippen LogP contribution is -2.42. The van der Waals surface area contributed by atoms with Gasteiger partial charge in [0.25, 0.3) is 0 Å². The number of hydrogen-bond acceptors (Lipinski definition) is 6. The second-order valence-corrected chi connectivity index (χ2v) is 4.48. The topological polar surface area (TPSA) is 74.7 Å². The highest BCUT2D eigenvalue weighted by Crippen LogP contribution is 2.08. The van der Waals surface area contributed by atoms with Gasteiger partial charge in [-0.1, -0.05) is 0 Å². The second kappa shape index (κ2) is 6.60. The summed E-state index contributed by atoms with van der Waals surface area (Å²) in [7, 11) is 0. The third-order valence-electron chi connectivity index (χ3n) is 2.91. The molecule has 0 unspecified atom stereocenters. The third-order valence-corrected chi connectivity index (χ3v) is 2.91. The van der Waals surface area contributed by atoms with Crippen LogP contribution in [0.15, 0.2) is 53.6 Å². The first-order chi connectivity index (χ1) is 10.1. The number of hydrogen-bond donors (Lipinski definition) is 1. The number of nitrogens with zero attached hydrogens (tertiary/aromatic N) is 3. The van der Waals surface area contributed by atoms with Crippen molar-refractivity contribution in [3.63, 3.8) is 0 Å². The molecule has 2 heterocycles. The first kappa shape index (κ1) is 14.6. The molecule has 0 atom stereocenters. The lowest BCUT2D eigenvalue weighted by Gasteiger charge is -2.26. The molecular weight excluding hydrogens is 268 g/mol. The minimum Gasteiger partial charge on any atom is -0.303 e. The highest BCUT2D eigenvalue weighted by molar-refractivity contribution is 6.18. The van der Waals surface area contributed by atoms with Crippen molar-refractivity contribution in [1.29, 1.82) is 0 Å². The summed E-state index contributed by atoms with van der Waals surface area (Å²) < 4.78 is 0. The molecule has 6 nitrogen and oxygen atoms in total. The van der Waals surface area contributed by atoms with Crippen LogP contribution in [0.5, 0.6) is 0 Å². The van der Waals surface area contributed by atoms with Gasteiger partial charge in [-0.05, 0) is 32.1 Å². The Morgan fingerprint density at radius 2 is 1.90 bits per heavy atom. The molecule has 0 bridgehead atoms. The molecule has 0 saturated carbocycles. The number of Topliss-reactive ketones (excluding diaryl/α,β-unsaturated/α-hetero) is 2. The van der Waals surface area contributed by atoms with Gasteiger partial charge in [0.15, 0.2) is 17.4 Å². The van der Waals surface area contributed by atoms with Crippen molar-refractivity contribution in [2.24, 2.45) is 4.99 Å². The summed E-state index contributed by atoms with van der Waals surface area (Å²) in [4.78, 5) is 31.1. The van der Waals surface area contributed by atoms with Crippen LogP contribution in [-0.4, -0.2) is 33.9 Å². The number of amidine groups is 1. The predicted molar refractivity (Wildman–Crippen MR) is 79.2 cm³/mol. The highest BCUT2D eigenvalue weighted by atomic mass is 16.1. The lowest BCUT2D eigenvalue weighted by atomic mass is 10.1. The quantitative estimate of drug-likeness (QED) is 0.500. The molecule has 0 saturated heterocycles. The zero-order valence-corrected chi connectivity index (χ0v) is 11.9. The van der Waals surface area contributed by atoms with Crippen LogP contribution in [0, 0.1) is 0 Å². The Kier molecular flexibility index (Phi) is 4.61. The summed E-state index contributed by atoms with van der Waals surface area (Å²) in [6.07, 6.45) is 8.36. The number of ketones is 2. The molecule has 1 aromatic heterocycles. The van der Waals surface area contributed by atoms with Crippen LogP contribution in [0.25, 0.3) is 0 Å². The molecule has 0 spiro atoms. The maximum absolute atomic E-state index is 11.4. The van der Waals surface area contributed by atoms with Gasteiger partial charge in [-0.15, -0.1) is 0 Å². The number of hydrazine groups is 1. The fraction of sp³-hybridized carbons (Fsp3) is 0.200. The van der Waals surface area contributed by atoms with Crippen LogP contribution in [0.1, 0.15) is 19.4 Å². The standard InChI is InChI=1S/C15H16N4O2/c1-11(20)14(12(2)21)10-18-19-9-3-6-17-15(19)13-4-7-16-8-5-13/h3-8,10,18H,9H2,1-2H3. The number of rotatable bonds is 5. The smallest absolute Gasteiger partial charge is 0.164 e. The van der Waals surface area contributed by atoms with E-state index in [4.69, 9.17) is 0 Å². The Hall–Kier alpha value is -2.76. The van der Waals surface area contributed by atoms with Crippen molar-refractivity contribution >= 4 is 17.4 Å². The second-order valence-electron chi connectivity index (χ2n) is 4.48.